The van der Waals surface area contributed by atoms with Gasteiger partial charge >= 0.3 is 0 Å². The van der Waals surface area contributed by atoms with Crippen LogP contribution in [0.1, 0.15) is 13.8 Å². The van der Waals surface area contributed by atoms with E-state index in [0.29, 0.717) is 23.4 Å². The number of thioether (sulfide) groups is 1. The van der Waals surface area contributed by atoms with Gasteiger partial charge in [0.25, 0.3) is 5.22 Å². The number of hydrogen-bond donors (Lipinski definition) is 2. The fourth-order valence-corrected chi connectivity index (χ4v) is 1.76. The number of aliphatic hydroxyl groups excluding tert-OH is 1. The SMILES string of the molecule is CC(C)CNCC(O)CSc1ncco1. The van der Waals surface area contributed by atoms with E-state index in [1.54, 1.807) is 6.20 Å². The molecule has 5 heteroatoms. The second-order valence-corrected chi connectivity index (χ2v) is 4.79. The molecular formula is C10H18N2O2S. The highest BCUT2D eigenvalue weighted by Crippen LogP contribution is 2.15. The lowest BCUT2D eigenvalue weighted by atomic mass is 10.2. The molecule has 2 N–H and O–H groups in total. The molecule has 1 rings (SSSR count). The molecule has 1 aromatic rings. The van der Waals surface area contributed by atoms with Gasteiger partial charge < -0.3 is 14.8 Å². The number of hydrogen-bond acceptors (Lipinski definition) is 5. The molecule has 0 amide bonds. The zero-order valence-corrected chi connectivity index (χ0v) is 9.96. The molecule has 0 radical (unpaired) electrons. The third-order valence-corrected chi connectivity index (χ3v) is 2.74. The van der Waals surface area contributed by atoms with Crippen molar-refractivity contribution in [1.82, 2.24) is 10.3 Å². The molecule has 0 aliphatic heterocycles. The molecule has 0 aromatic carbocycles. The molecular weight excluding hydrogens is 212 g/mol. The van der Waals surface area contributed by atoms with Gasteiger partial charge in [-0.25, -0.2) is 4.98 Å². The summed E-state index contributed by atoms with van der Waals surface area (Å²) in [5, 5.41) is 13.4. The van der Waals surface area contributed by atoms with Crippen molar-refractivity contribution >= 4 is 11.8 Å². The van der Waals surface area contributed by atoms with Gasteiger partial charge in [-0.05, 0) is 12.5 Å². The largest absolute Gasteiger partial charge is 0.440 e. The highest BCUT2D eigenvalue weighted by atomic mass is 32.2. The van der Waals surface area contributed by atoms with Crippen LogP contribution < -0.4 is 5.32 Å². The van der Waals surface area contributed by atoms with E-state index in [2.05, 4.69) is 24.1 Å². The zero-order chi connectivity index (χ0) is 11.1. The molecule has 1 aromatic heterocycles. The number of nitrogens with one attached hydrogen (secondary N) is 1. The number of nitrogens with zero attached hydrogens (tertiary/aromatic N) is 1. The summed E-state index contributed by atoms with van der Waals surface area (Å²) in [4.78, 5) is 3.96. The molecule has 15 heavy (non-hydrogen) atoms. The summed E-state index contributed by atoms with van der Waals surface area (Å²) in [5.41, 5.74) is 0. The van der Waals surface area contributed by atoms with Crippen LogP contribution in [0.15, 0.2) is 22.1 Å². The highest BCUT2D eigenvalue weighted by molar-refractivity contribution is 7.99. The lowest BCUT2D eigenvalue weighted by Gasteiger charge is -2.11. The monoisotopic (exact) mass is 230 g/mol. The molecule has 0 spiro atoms. The van der Waals surface area contributed by atoms with Crippen molar-refractivity contribution in [3.05, 3.63) is 12.5 Å². The van der Waals surface area contributed by atoms with E-state index in [1.165, 1.54) is 18.0 Å². The fraction of sp³-hybridized carbons (Fsp3) is 0.700. The number of aliphatic hydroxyl groups is 1. The summed E-state index contributed by atoms with van der Waals surface area (Å²) in [6.45, 7) is 5.83. The van der Waals surface area contributed by atoms with Gasteiger partial charge in [0.05, 0.1) is 12.3 Å². The van der Waals surface area contributed by atoms with Crippen LogP contribution >= 0.6 is 11.8 Å². The van der Waals surface area contributed by atoms with Crippen molar-refractivity contribution in [2.24, 2.45) is 5.92 Å². The fourth-order valence-electron chi connectivity index (χ4n) is 1.05. The first kappa shape index (κ1) is 12.5. The maximum Gasteiger partial charge on any atom is 0.255 e. The first-order valence-electron chi connectivity index (χ1n) is 5.09. The smallest absolute Gasteiger partial charge is 0.255 e. The van der Waals surface area contributed by atoms with Crippen LogP contribution in [0.3, 0.4) is 0 Å². The first-order chi connectivity index (χ1) is 7.18. The molecule has 0 saturated heterocycles. The summed E-state index contributed by atoms with van der Waals surface area (Å²) < 4.78 is 5.05. The molecule has 4 nitrogen and oxygen atoms in total. The van der Waals surface area contributed by atoms with Crippen molar-refractivity contribution in [1.29, 1.82) is 0 Å². The Morgan fingerprint density at radius 2 is 2.33 bits per heavy atom. The van der Waals surface area contributed by atoms with E-state index in [9.17, 15) is 5.11 Å². The maximum atomic E-state index is 9.61. The minimum atomic E-state index is -0.361. The van der Waals surface area contributed by atoms with Gasteiger partial charge in [0, 0.05) is 12.3 Å². The van der Waals surface area contributed by atoms with E-state index in [-0.39, 0.29) is 6.10 Å². The van der Waals surface area contributed by atoms with Crippen LogP contribution in [0.2, 0.25) is 0 Å². The Bertz CT molecular complexity index is 252. The van der Waals surface area contributed by atoms with Gasteiger partial charge in [0.15, 0.2) is 0 Å². The predicted octanol–water partition coefficient (Wildman–Crippen LogP) is 1.37. The van der Waals surface area contributed by atoms with E-state index < -0.39 is 0 Å². The zero-order valence-electron chi connectivity index (χ0n) is 9.14. The summed E-state index contributed by atoms with van der Waals surface area (Å²) in [6.07, 6.45) is 2.78. The molecule has 0 fully saturated rings. The molecule has 0 saturated carbocycles. The van der Waals surface area contributed by atoms with E-state index in [1.807, 2.05) is 0 Å². The summed E-state index contributed by atoms with van der Waals surface area (Å²) >= 11 is 1.43. The third-order valence-electron chi connectivity index (χ3n) is 1.74. The topological polar surface area (TPSA) is 58.3 Å². The number of oxazole rings is 1. The van der Waals surface area contributed by atoms with Crippen LogP contribution in [0, 0.1) is 5.92 Å². The van der Waals surface area contributed by atoms with Crippen molar-refractivity contribution in [2.75, 3.05) is 18.8 Å². The molecule has 1 unspecified atom stereocenters. The number of aromatic nitrogens is 1. The van der Waals surface area contributed by atoms with E-state index >= 15 is 0 Å². The van der Waals surface area contributed by atoms with Gasteiger partial charge in [0.2, 0.25) is 0 Å². The second-order valence-electron chi connectivity index (χ2n) is 3.81. The minimum Gasteiger partial charge on any atom is -0.440 e. The molecule has 86 valence electrons. The lowest BCUT2D eigenvalue weighted by Crippen LogP contribution is -2.30. The quantitative estimate of drug-likeness (QED) is 0.693. The Kier molecular flexibility index (Phi) is 5.75. The first-order valence-corrected chi connectivity index (χ1v) is 6.08. The van der Waals surface area contributed by atoms with Gasteiger partial charge in [-0.15, -0.1) is 0 Å². The molecule has 0 bridgehead atoms. The predicted molar refractivity (Wildman–Crippen MR) is 60.9 cm³/mol. The number of rotatable bonds is 7. The summed E-state index contributed by atoms with van der Waals surface area (Å²) in [7, 11) is 0. The lowest BCUT2D eigenvalue weighted by molar-refractivity contribution is 0.194. The molecule has 1 heterocycles. The average molecular weight is 230 g/mol. The maximum absolute atomic E-state index is 9.61. The van der Waals surface area contributed by atoms with Crippen molar-refractivity contribution < 1.29 is 9.52 Å². The van der Waals surface area contributed by atoms with Crippen LogP contribution in [0.4, 0.5) is 0 Å². The van der Waals surface area contributed by atoms with Crippen LogP contribution in [0.25, 0.3) is 0 Å². The normalized spacial score (nSPS) is 13.3. The molecule has 0 aliphatic rings. The Hall–Kier alpha value is -0.520. The van der Waals surface area contributed by atoms with Crippen molar-refractivity contribution in [3.63, 3.8) is 0 Å². The van der Waals surface area contributed by atoms with Crippen LogP contribution in [-0.4, -0.2) is 35.0 Å². The molecule has 0 aliphatic carbocycles. The Balaban J connectivity index is 2.06. The van der Waals surface area contributed by atoms with Crippen LogP contribution in [-0.2, 0) is 0 Å². The highest BCUT2D eigenvalue weighted by Gasteiger charge is 2.07. The van der Waals surface area contributed by atoms with Gasteiger partial charge in [-0.3, -0.25) is 0 Å². The van der Waals surface area contributed by atoms with Gasteiger partial charge in [0.1, 0.15) is 6.26 Å². The van der Waals surface area contributed by atoms with Crippen LogP contribution in [0.5, 0.6) is 0 Å². The summed E-state index contributed by atoms with van der Waals surface area (Å²) in [5.74, 6) is 1.21. The van der Waals surface area contributed by atoms with E-state index in [0.717, 1.165) is 6.54 Å². The van der Waals surface area contributed by atoms with Gasteiger partial charge in [-0.1, -0.05) is 25.6 Å². The van der Waals surface area contributed by atoms with Gasteiger partial charge in [-0.2, -0.15) is 0 Å². The minimum absolute atomic E-state index is 0.361. The van der Waals surface area contributed by atoms with E-state index in [4.69, 9.17) is 4.42 Å². The Morgan fingerprint density at radius 1 is 1.53 bits per heavy atom. The average Bonchev–Trinajstić information content (AvgIpc) is 2.66. The summed E-state index contributed by atoms with van der Waals surface area (Å²) in [6, 6.07) is 0. The van der Waals surface area contributed by atoms with Crippen molar-refractivity contribution in [3.8, 4) is 0 Å². The third kappa shape index (κ3) is 5.81. The Morgan fingerprint density at radius 3 is 2.93 bits per heavy atom. The Labute approximate surface area is 94.5 Å². The standard InChI is InChI=1S/C10H18N2O2S/c1-8(2)5-11-6-9(13)7-15-10-12-3-4-14-10/h3-4,8-9,11,13H,5-7H2,1-2H3. The second kappa shape index (κ2) is 6.87. The molecule has 1 atom stereocenters. The van der Waals surface area contributed by atoms with Crippen molar-refractivity contribution in [2.45, 2.75) is 25.2 Å².